The second-order valence-electron chi connectivity index (χ2n) is 5.89. The van der Waals surface area contributed by atoms with E-state index in [1.165, 1.54) is 11.3 Å². The number of ether oxygens (including phenoxy) is 2. The summed E-state index contributed by atoms with van der Waals surface area (Å²) in [5.41, 5.74) is -0.671. The van der Waals surface area contributed by atoms with Crippen molar-refractivity contribution in [3.63, 3.8) is 0 Å². The minimum absolute atomic E-state index is 0.0692. The van der Waals surface area contributed by atoms with Crippen LogP contribution in [0.1, 0.15) is 50.2 Å². The number of Topliss-reactive ketones (excluding diaryl/α,β-unsaturated/α-hetero) is 1. The maximum atomic E-state index is 12.0. The van der Waals surface area contributed by atoms with Crippen molar-refractivity contribution in [3.8, 4) is 0 Å². The van der Waals surface area contributed by atoms with Gasteiger partial charge in [0.25, 0.3) is 0 Å². The number of carbonyl (C=O) groups is 3. The molecule has 1 aromatic rings. The quantitative estimate of drug-likeness (QED) is 0.608. The first-order valence-electron chi connectivity index (χ1n) is 7.45. The largest absolute Gasteiger partial charge is 0.464 e. The molecule has 0 saturated carbocycles. The number of hydrogen-bond donors (Lipinski definition) is 1. The maximum absolute atomic E-state index is 12.0. The Labute approximate surface area is 140 Å². The molecule has 0 fully saturated rings. The van der Waals surface area contributed by atoms with Crippen LogP contribution in [0, 0.1) is 0 Å². The first kappa shape index (κ1) is 19.2. The van der Waals surface area contributed by atoms with Crippen LogP contribution in [0.25, 0.3) is 0 Å². The second-order valence-corrected chi connectivity index (χ2v) is 6.84. The lowest BCUT2D eigenvalue weighted by atomic mass is 10.1. The highest BCUT2D eigenvalue weighted by molar-refractivity contribution is 7.12. The highest BCUT2D eigenvalue weighted by Crippen LogP contribution is 2.14. The Morgan fingerprint density at radius 2 is 2.00 bits per heavy atom. The van der Waals surface area contributed by atoms with Gasteiger partial charge in [0.05, 0.1) is 11.5 Å². The van der Waals surface area contributed by atoms with Crippen LogP contribution in [-0.4, -0.2) is 36.1 Å². The van der Waals surface area contributed by atoms with Crippen molar-refractivity contribution in [2.75, 3.05) is 6.61 Å². The van der Waals surface area contributed by atoms with Crippen molar-refractivity contribution in [1.82, 2.24) is 5.32 Å². The Morgan fingerprint density at radius 3 is 2.52 bits per heavy atom. The normalized spacial score (nSPS) is 12.3. The fourth-order valence-corrected chi connectivity index (χ4v) is 2.47. The first-order valence-corrected chi connectivity index (χ1v) is 8.33. The lowest BCUT2D eigenvalue weighted by molar-refractivity contribution is -0.145. The van der Waals surface area contributed by atoms with Crippen LogP contribution in [0.3, 0.4) is 0 Å². The third-order valence-corrected chi connectivity index (χ3v) is 3.63. The molecule has 23 heavy (non-hydrogen) atoms. The molecule has 0 radical (unpaired) electrons. The molecule has 0 spiro atoms. The minimum atomic E-state index is -0.909. The molecule has 0 unspecified atom stereocenters. The molecule has 128 valence electrons. The fraction of sp³-hybridized carbons (Fsp3) is 0.562. The summed E-state index contributed by atoms with van der Waals surface area (Å²) in [6.45, 7) is 7.06. The molecule has 1 rings (SSSR count). The van der Waals surface area contributed by atoms with Crippen LogP contribution < -0.4 is 5.32 Å². The summed E-state index contributed by atoms with van der Waals surface area (Å²) in [6.07, 6.45) is -0.409. The van der Waals surface area contributed by atoms with Crippen LogP contribution in [0.2, 0.25) is 0 Å². The summed E-state index contributed by atoms with van der Waals surface area (Å²) >= 11 is 1.35. The number of ketones is 1. The molecule has 1 amide bonds. The summed E-state index contributed by atoms with van der Waals surface area (Å²) in [5.74, 6) is -0.641. The van der Waals surface area contributed by atoms with Crippen molar-refractivity contribution in [1.29, 1.82) is 0 Å². The smallest absolute Gasteiger partial charge is 0.408 e. The zero-order valence-electron chi connectivity index (χ0n) is 13.9. The molecule has 0 saturated heterocycles. The lowest BCUT2D eigenvalue weighted by Crippen LogP contribution is -2.44. The molecule has 6 nitrogen and oxygen atoms in total. The number of nitrogens with one attached hydrogen (secondary N) is 1. The van der Waals surface area contributed by atoms with Gasteiger partial charge in [-0.05, 0) is 45.6 Å². The van der Waals surface area contributed by atoms with Gasteiger partial charge in [-0.15, -0.1) is 11.3 Å². The molecule has 0 aliphatic carbocycles. The van der Waals surface area contributed by atoms with Gasteiger partial charge in [-0.1, -0.05) is 6.07 Å². The highest BCUT2D eigenvalue weighted by Gasteiger charge is 2.26. The number of alkyl carbamates (subject to hydrolysis) is 1. The van der Waals surface area contributed by atoms with Crippen molar-refractivity contribution in [3.05, 3.63) is 22.4 Å². The van der Waals surface area contributed by atoms with Crippen molar-refractivity contribution in [2.24, 2.45) is 0 Å². The molecular formula is C16H23NO5S. The number of rotatable bonds is 7. The van der Waals surface area contributed by atoms with E-state index in [4.69, 9.17) is 9.47 Å². The highest BCUT2D eigenvalue weighted by atomic mass is 32.1. The predicted molar refractivity (Wildman–Crippen MR) is 87.7 cm³/mol. The molecule has 1 atom stereocenters. The molecular weight excluding hydrogens is 318 g/mol. The van der Waals surface area contributed by atoms with E-state index >= 15 is 0 Å². The van der Waals surface area contributed by atoms with E-state index in [-0.39, 0.29) is 25.2 Å². The third-order valence-electron chi connectivity index (χ3n) is 2.72. The van der Waals surface area contributed by atoms with Crippen LogP contribution in [0.15, 0.2) is 17.5 Å². The van der Waals surface area contributed by atoms with Gasteiger partial charge in [0.15, 0.2) is 5.78 Å². The van der Waals surface area contributed by atoms with Gasteiger partial charge in [-0.3, -0.25) is 4.79 Å². The van der Waals surface area contributed by atoms with Crippen molar-refractivity contribution >= 4 is 29.2 Å². The summed E-state index contributed by atoms with van der Waals surface area (Å²) in [5, 5.41) is 4.29. The van der Waals surface area contributed by atoms with E-state index in [2.05, 4.69) is 5.32 Å². The Kier molecular flexibility index (Phi) is 7.22. The molecule has 1 heterocycles. The Morgan fingerprint density at radius 1 is 1.30 bits per heavy atom. The van der Waals surface area contributed by atoms with Gasteiger partial charge in [0.1, 0.15) is 11.6 Å². The molecule has 0 bridgehead atoms. The van der Waals surface area contributed by atoms with Crippen molar-refractivity contribution < 1.29 is 23.9 Å². The lowest BCUT2D eigenvalue weighted by Gasteiger charge is -2.22. The first-order chi connectivity index (χ1) is 10.7. The van der Waals surface area contributed by atoms with Gasteiger partial charge < -0.3 is 14.8 Å². The van der Waals surface area contributed by atoms with Crippen LogP contribution >= 0.6 is 11.3 Å². The van der Waals surface area contributed by atoms with E-state index in [0.29, 0.717) is 4.88 Å². The van der Waals surface area contributed by atoms with Gasteiger partial charge in [-0.25, -0.2) is 9.59 Å². The second kappa shape index (κ2) is 8.67. The molecule has 1 N–H and O–H groups in total. The molecule has 0 aliphatic heterocycles. The number of thiophene rings is 1. The summed E-state index contributed by atoms with van der Waals surface area (Å²) in [4.78, 5) is 36.4. The Hall–Kier alpha value is -1.89. The van der Waals surface area contributed by atoms with Gasteiger partial charge in [-0.2, -0.15) is 0 Å². The van der Waals surface area contributed by atoms with Gasteiger partial charge in [0, 0.05) is 6.42 Å². The standard InChI is InChI=1S/C16H23NO5S/c1-5-21-14(19)11(17-15(20)22-16(2,3)4)8-9-12(18)13-7-6-10-23-13/h6-7,10-11H,5,8-9H2,1-4H3,(H,17,20)/t11-/m0/s1. The Balaban J connectivity index is 2.63. The van der Waals surface area contributed by atoms with Gasteiger partial charge in [0.2, 0.25) is 0 Å². The number of carbonyl (C=O) groups excluding carboxylic acids is 3. The zero-order chi connectivity index (χ0) is 17.5. The van der Waals surface area contributed by atoms with E-state index in [1.54, 1.807) is 39.8 Å². The van der Waals surface area contributed by atoms with Crippen molar-refractivity contribution in [2.45, 2.75) is 52.2 Å². The minimum Gasteiger partial charge on any atom is -0.464 e. The topological polar surface area (TPSA) is 81.7 Å². The number of hydrogen-bond acceptors (Lipinski definition) is 6. The summed E-state index contributed by atoms with van der Waals surface area (Å²) < 4.78 is 10.1. The van der Waals surface area contributed by atoms with Crippen LogP contribution in [0.4, 0.5) is 4.79 Å². The third kappa shape index (κ3) is 7.27. The zero-order valence-corrected chi connectivity index (χ0v) is 14.7. The average Bonchev–Trinajstić information content (AvgIpc) is 2.95. The van der Waals surface area contributed by atoms with Crippen LogP contribution in [0.5, 0.6) is 0 Å². The predicted octanol–water partition coefficient (Wildman–Crippen LogP) is 3.17. The summed E-state index contributed by atoms with van der Waals surface area (Å²) in [7, 11) is 0. The van der Waals surface area contributed by atoms with E-state index in [0.717, 1.165) is 0 Å². The van der Waals surface area contributed by atoms with Gasteiger partial charge >= 0.3 is 12.1 Å². The molecule has 1 aromatic heterocycles. The fourth-order valence-electron chi connectivity index (χ4n) is 1.78. The van der Waals surface area contributed by atoms with E-state index < -0.39 is 23.7 Å². The maximum Gasteiger partial charge on any atom is 0.408 e. The molecule has 0 aromatic carbocycles. The number of esters is 1. The van der Waals surface area contributed by atoms with E-state index in [1.807, 2.05) is 5.38 Å². The van der Waals surface area contributed by atoms with Crippen LogP contribution in [-0.2, 0) is 14.3 Å². The SMILES string of the molecule is CCOC(=O)[C@H](CCC(=O)c1cccs1)NC(=O)OC(C)(C)C. The average molecular weight is 341 g/mol. The number of amides is 1. The molecule has 0 aliphatic rings. The molecule has 7 heteroatoms. The summed E-state index contributed by atoms with van der Waals surface area (Å²) in [6, 6.07) is 2.61. The Bertz CT molecular complexity index is 533. The van der Waals surface area contributed by atoms with E-state index in [9.17, 15) is 14.4 Å². The monoisotopic (exact) mass is 341 g/mol.